The number of nitrogen functional groups attached to an aromatic ring is 1. The van der Waals surface area contributed by atoms with Crippen LogP contribution in [0.3, 0.4) is 0 Å². The molecule has 0 heterocycles. The van der Waals surface area contributed by atoms with Gasteiger partial charge in [0, 0.05) is 12.1 Å². The van der Waals surface area contributed by atoms with Crippen LogP contribution in [0, 0.1) is 0 Å². The summed E-state index contributed by atoms with van der Waals surface area (Å²) < 4.78 is 0. The highest BCUT2D eigenvalue weighted by molar-refractivity contribution is 6.22. The van der Waals surface area contributed by atoms with Gasteiger partial charge in [-0.3, -0.25) is 4.79 Å². The van der Waals surface area contributed by atoms with Gasteiger partial charge in [-0.15, -0.1) is 11.6 Å². The van der Waals surface area contributed by atoms with Crippen molar-refractivity contribution in [3.8, 4) is 0 Å². The SMILES string of the molecule is CC(=O)CC(Cl)c1ccccc1N. The number of halogens is 1. The average Bonchev–Trinajstić information content (AvgIpc) is 2.03. The van der Waals surface area contributed by atoms with E-state index < -0.39 is 0 Å². The molecule has 13 heavy (non-hydrogen) atoms. The van der Waals surface area contributed by atoms with Crippen molar-refractivity contribution in [2.24, 2.45) is 0 Å². The summed E-state index contributed by atoms with van der Waals surface area (Å²) in [5.41, 5.74) is 7.18. The highest BCUT2D eigenvalue weighted by Crippen LogP contribution is 2.28. The molecule has 0 saturated carbocycles. The maximum atomic E-state index is 10.8. The molecule has 2 nitrogen and oxygen atoms in total. The molecule has 1 atom stereocenters. The topological polar surface area (TPSA) is 43.1 Å². The van der Waals surface area contributed by atoms with E-state index in [-0.39, 0.29) is 11.2 Å². The van der Waals surface area contributed by atoms with E-state index in [4.69, 9.17) is 17.3 Å². The molecule has 0 aliphatic rings. The Morgan fingerprint density at radius 1 is 1.54 bits per heavy atom. The summed E-state index contributed by atoms with van der Waals surface area (Å²) in [5, 5.41) is -0.307. The molecule has 0 aromatic heterocycles. The van der Waals surface area contributed by atoms with Crippen molar-refractivity contribution < 1.29 is 4.79 Å². The molecule has 0 bridgehead atoms. The normalized spacial score (nSPS) is 12.5. The third-order valence-corrected chi connectivity index (χ3v) is 2.19. The molecule has 0 aliphatic carbocycles. The predicted molar refractivity (Wildman–Crippen MR) is 54.7 cm³/mol. The Balaban J connectivity index is 2.82. The highest BCUT2D eigenvalue weighted by atomic mass is 35.5. The zero-order chi connectivity index (χ0) is 9.84. The number of carbonyl (C=O) groups is 1. The van der Waals surface area contributed by atoms with E-state index in [9.17, 15) is 4.79 Å². The summed E-state index contributed by atoms with van der Waals surface area (Å²) in [6.45, 7) is 1.52. The van der Waals surface area contributed by atoms with E-state index in [0.29, 0.717) is 12.1 Å². The Labute approximate surface area is 82.7 Å². The zero-order valence-corrected chi connectivity index (χ0v) is 8.21. The maximum absolute atomic E-state index is 10.8. The molecular weight excluding hydrogens is 186 g/mol. The van der Waals surface area contributed by atoms with Crippen LogP contribution in [0.15, 0.2) is 24.3 Å². The third-order valence-electron chi connectivity index (χ3n) is 1.80. The summed E-state index contributed by atoms with van der Waals surface area (Å²) in [5.74, 6) is 0.0725. The number of hydrogen-bond acceptors (Lipinski definition) is 2. The molecule has 1 aromatic rings. The lowest BCUT2D eigenvalue weighted by molar-refractivity contribution is -0.117. The number of rotatable bonds is 3. The zero-order valence-electron chi connectivity index (χ0n) is 7.46. The van der Waals surface area contributed by atoms with Crippen molar-refractivity contribution in [3.63, 3.8) is 0 Å². The molecule has 0 fully saturated rings. The molecule has 0 radical (unpaired) electrons. The minimum absolute atomic E-state index is 0.0725. The Kier molecular flexibility index (Phi) is 3.32. The molecular formula is C10H12ClNO. The van der Waals surface area contributed by atoms with Gasteiger partial charge in [0.15, 0.2) is 0 Å². The minimum atomic E-state index is -0.307. The maximum Gasteiger partial charge on any atom is 0.131 e. The van der Waals surface area contributed by atoms with Gasteiger partial charge < -0.3 is 5.73 Å². The molecule has 0 aliphatic heterocycles. The van der Waals surface area contributed by atoms with E-state index in [0.717, 1.165) is 5.56 Å². The lowest BCUT2D eigenvalue weighted by Gasteiger charge is -2.09. The van der Waals surface area contributed by atoms with E-state index in [2.05, 4.69) is 0 Å². The van der Waals surface area contributed by atoms with Gasteiger partial charge in [0.25, 0.3) is 0 Å². The number of benzene rings is 1. The van der Waals surface area contributed by atoms with Crippen LogP contribution in [0.4, 0.5) is 5.69 Å². The summed E-state index contributed by atoms with van der Waals surface area (Å²) in [6, 6.07) is 7.33. The van der Waals surface area contributed by atoms with Crippen molar-refractivity contribution in [2.75, 3.05) is 5.73 Å². The Morgan fingerprint density at radius 2 is 2.15 bits per heavy atom. The summed E-state index contributed by atoms with van der Waals surface area (Å²) >= 11 is 6.01. The number of para-hydroxylation sites is 1. The van der Waals surface area contributed by atoms with Crippen molar-refractivity contribution in [3.05, 3.63) is 29.8 Å². The molecule has 1 rings (SSSR count). The second-order valence-electron chi connectivity index (χ2n) is 3.00. The van der Waals surface area contributed by atoms with Crippen molar-refractivity contribution in [1.82, 2.24) is 0 Å². The molecule has 0 spiro atoms. The average molecular weight is 198 g/mol. The molecule has 2 N–H and O–H groups in total. The lowest BCUT2D eigenvalue weighted by atomic mass is 10.1. The highest BCUT2D eigenvalue weighted by Gasteiger charge is 2.12. The Hall–Kier alpha value is -1.02. The van der Waals surface area contributed by atoms with Gasteiger partial charge >= 0.3 is 0 Å². The molecule has 0 saturated heterocycles. The molecule has 3 heteroatoms. The fourth-order valence-corrected chi connectivity index (χ4v) is 1.57. The first-order valence-electron chi connectivity index (χ1n) is 4.09. The summed E-state index contributed by atoms with van der Waals surface area (Å²) in [6.07, 6.45) is 0.329. The van der Waals surface area contributed by atoms with Gasteiger partial charge in [0.05, 0.1) is 5.38 Å². The molecule has 70 valence electrons. The van der Waals surface area contributed by atoms with Crippen LogP contribution in [0.2, 0.25) is 0 Å². The predicted octanol–water partition coefficient (Wildman–Crippen LogP) is 2.53. The third kappa shape index (κ3) is 2.74. The Morgan fingerprint density at radius 3 is 2.69 bits per heavy atom. The summed E-state index contributed by atoms with van der Waals surface area (Å²) in [7, 11) is 0. The number of Topliss-reactive ketones (excluding diaryl/α,β-unsaturated/α-hetero) is 1. The lowest BCUT2D eigenvalue weighted by Crippen LogP contribution is -2.01. The van der Waals surface area contributed by atoms with Crippen LogP contribution in [0.5, 0.6) is 0 Å². The monoisotopic (exact) mass is 197 g/mol. The second-order valence-corrected chi connectivity index (χ2v) is 3.53. The fourth-order valence-electron chi connectivity index (χ4n) is 1.16. The number of hydrogen-bond donors (Lipinski definition) is 1. The van der Waals surface area contributed by atoms with E-state index in [1.807, 2.05) is 18.2 Å². The van der Waals surface area contributed by atoms with Crippen LogP contribution in [0.25, 0.3) is 0 Å². The quantitative estimate of drug-likeness (QED) is 0.598. The fraction of sp³-hybridized carbons (Fsp3) is 0.300. The van der Waals surface area contributed by atoms with Gasteiger partial charge in [-0.2, -0.15) is 0 Å². The van der Waals surface area contributed by atoms with E-state index >= 15 is 0 Å². The van der Waals surface area contributed by atoms with Crippen LogP contribution < -0.4 is 5.73 Å². The van der Waals surface area contributed by atoms with Gasteiger partial charge in [0.2, 0.25) is 0 Å². The smallest absolute Gasteiger partial charge is 0.131 e. The number of nitrogens with two attached hydrogens (primary N) is 1. The number of carbonyl (C=O) groups excluding carboxylic acids is 1. The van der Waals surface area contributed by atoms with Gasteiger partial charge in [-0.25, -0.2) is 0 Å². The van der Waals surface area contributed by atoms with Gasteiger partial charge in [-0.05, 0) is 18.6 Å². The molecule has 0 amide bonds. The van der Waals surface area contributed by atoms with E-state index in [1.165, 1.54) is 6.92 Å². The molecule has 1 unspecified atom stereocenters. The number of alkyl halides is 1. The van der Waals surface area contributed by atoms with Gasteiger partial charge in [-0.1, -0.05) is 18.2 Å². The van der Waals surface area contributed by atoms with Crippen LogP contribution in [-0.2, 0) is 4.79 Å². The van der Waals surface area contributed by atoms with Crippen LogP contribution >= 0.6 is 11.6 Å². The van der Waals surface area contributed by atoms with E-state index in [1.54, 1.807) is 6.07 Å². The first-order chi connectivity index (χ1) is 6.11. The summed E-state index contributed by atoms with van der Waals surface area (Å²) in [4.78, 5) is 10.8. The van der Waals surface area contributed by atoms with Gasteiger partial charge in [0.1, 0.15) is 5.78 Å². The minimum Gasteiger partial charge on any atom is -0.398 e. The standard InChI is InChI=1S/C10H12ClNO/c1-7(13)6-9(11)8-4-2-3-5-10(8)12/h2-5,9H,6,12H2,1H3. The van der Waals surface area contributed by atoms with Crippen LogP contribution in [-0.4, -0.2) is 5.78 Å². The first kappa shape index (κ1) is 10.1. The van der Waals surface area contributed by atoms with Crippen molar-refractivity contribution >= 4 is 23.1 Å². The van der Waals surface area contributed by atoms with Crippen molar-refractivity contribution in [2.45, 2.75) is 18.7 Å². The first-order valence-corrected chi connectivity index (χ1v) is 4.53. The second kappa shape index (κ2) is 4.28. The van der Waals surface area contributed by atoms with Crippen molar-refractivity contribution in [1.29, 1.82) is 0 Å². The molecule has 1 aromatic carbocycles. The van der Waals surface area contributed by atoms with Crippen LogP contribution in [0.1, 0.15) is 24.3 Å². The number of anilines is 1. The number of ketones is 1. The Bertz CT molecular complexity index is 312. The largest absolute Gasteiger partial charge is 0.398 e.